The van der Waals surface area contributed by atoms with Crippen molar-refractivity contribution in [1.29, 1.82) is 0 Å². The summed E-state index contributed by atoms with van der Waals surface area (Å²) in [5.41, 5.74) is 5.73. The van der Waals surface area contributed by atoms with Crippen molar-refractivity contribution in [2.75, 3.05) is 18.1 Å². The quantitative estimate of drug-likeness (QED) is 0.654. The highest BCUT2D eigenvalue weighted by molar-refractivity contribution is 5.90. The van der Waals surface area contributed by atoms with Crippen LogP contribution < -0.4 is 15.4 Å². The first-order valence-corrected chi connectivity index (χ1v) is 10.5. The summed E-state index contributed by atoms with van der Waals surface area (Å²) in [5.74, 6) is 2.81. The fourth-order valence-electron chi connectivity index (χ4n) is 5.04. The number of hydrogen-bond donors (Lipinski definition) is 2. The minimum absolute atomic E-state index is 0.0550. The van der Waals surface area contributed by atoms with E-state index in [2.05, 4.69) is 34.0 Å². The maximum atomic E-state index is 13.1. The second-order valence-corrected chi connectivity index (χ2v) is 8.50. The van der Waals surface area contributed by atoms with Gasteiger partial charge in [-0.1, -0.05) is 13.8 Å². The lowest BCUT2D eigenvalue weighted by molar-refractivity contribution is -0.125. The number of aromatic amines is 1. The molecule has 2 unspecified atom stereocenters. The lowest BCUT2D eigenvalue weighted by Gasteiger charge is -2.39. The summed E-state index contributed by atoms with van der Waals surface area (Å²) in [6, 6.07) is 1.87. The Balaban J connectivity index is 1.66. The lowest BCUT2D eigenvalue weighted by Crippen LogP contribution is -2.57. The molecule has 2 atom stereocenters. The summed E-state index contributed by atoms with van der Waals surface area (Å²) < 4.78 is 8.06. The molecule has 0 radical (unpaired) electrons. The number of nitrogens with two attached hydrogens (primary N) is 1. The zero-order valence-electron chi connectivity index (χ0n) is 17.9. The van der Waals surface area contributed by atoms with Crippen LogP contribution >= 0.6 is 0 Å². The van der Waals surface area contributed by atoms with Gasteiger partial charge in [0.05, 0.1) is 12.1 Å². The summed E-state index contributed by atoms with van der Waals surface area (Å²) in [4.78, 5) is 28.8. The molecule has 10 heteroatoms. The van der Waals surface area contributed by atoms with Gasteiger partial charge < -0.3 is 19.9 Å². The number of imidazole rings is 1. The van der Waals surface area contributed by atoms with E-state index in [0.717, 1.165) is 17.8 Å². The summed E-state index contributed by atoms with van der Waals surface area (Å²) in [6.07, 6.45) is 6.24. The van der Waals surface area contributed by atoms with Crippen molar-refractivity contribution in [3.8, 4) is 17.1 Å². The minimum atomic E-state index is -1.19. The zero-order valence-corrected chi connectivity index (χ0v) is 17.9. The molecule has 0 aromatic carbocycles. The maximum Gasteiger partial charge on any atom is 0.251 e. The molecule has 3 N–H and O–H groups in total. The van der Waals surface area contributed by atoms with E-state index in [9.17, 15) is 4.79 Å². The molecule has 3 aromatic heterocycles. The molecule has 31 heavy (non-hydrogen) atoms. The first-order valence-electron chi connectivity index (χ1n) is 10.5. The van der Waals surface area contributed by atoms with E-state index < -0.39 is 11.4 Å². The van der Waals surface area contributed by atoms with E-state index in [4.69, 9.17) is 15.5 Å². The van der Waals surface area contributed by atoms with Gasteiger partial charge in [-0.3, -0.25) is 9.89 Å². The second kappa shape index (κ2) is 7.07. The number of aromatic nitrogens is 6. The molecule has 1 saturated heterocycles. The van der Waals surface area contributed by atoms with Crippen LogP contribution in [0.4, 0.5) is 5.82 Å². The number of rotatable bonds is 4. The molecule has 0 saturated carbocycles. The predicted molar refractivity (Wildman–Crippen MR) is 113 cm³/mol. The van der Waals surface area contributed by atoms with Crippen molar-refractivity contribution >= 4 is 11.7 Å². The summed E-state index contributed by atoms with van der Waals surface area (Å²) in [6.45, 7) is 7.85. The van der Waals surface area contributed by atoms with Crippen molar-refractivity contribution in [3.05, 3.63) is 36.3 Å². The molecule has 162 valence electrons. The molecule has 1 fully saturated rings. The highest BCUT2D eigenvalue weighted by Gasteiger charge is 2.59. The van der Waals surface area contributed by atoms with Gasteiger partial charge in [-0.2, -0.15) is 5.10 Å². The van der Waals surface area contributed by atoms with Crippen molar-refractivity contribution in [2.24, 2.45) is 17.6 Å². The smallest absolute Gasteiger partial charge is 0.251 e. The number of nitrogens with zero attached hydrogens (tertiary/aromatic N) is 6. The van der Waals surface area contributed by atoms with Gasteiger partial charge in [-0.05, 0) is 19.3 Å². The number of anilines is 1. The van der Waals surface area contributed by atoms with Crippen LogP contribution in [0.15, 0.2) is 24.7 Å². The molecular weight excluding hydrogens is 396 g/mol. The largest absolute Gasteiger partial charge is 0.491 e. The number of amides is 1. The summed E-state index contributed by atoms with van der Waals surface area (Å²) in [7, 11) is 0. The standard InChI is InChI=1S/C21H26N8O2/c1-12(2)15-4-6-29(21(15,19(22)30)20-25-13(3)26-27-20)17-10-16-14(11-24-17)18-23-5-7-28(18)8-9-31-16/h5,7,10-12,15H,4,6,8-9H2,1-3H3,(H2,22,30)(H,25,26,27). The van der Waals surface area contributed by atoms with Gasteiger partial charge in [0.2, 0.25) is 0 Å². The molecule has 2 aliphatic rings. The third-order valence-corrected chi connectivity index (χ3v) is 6.42. The van der Waals surface area contributed by atoms with Crippen LogP contribution in [0, 0.1) is 18.8 Å². The molecule has 0 spiro atoms. The Kier molecular flexibility index (Phi) is 4.45. The Hall–Kier alpha value is -3.43. The number of carbonyl (C=O) groups is 1. The molecule has 0 bridgehead atoms. The van der Waals surface area contributed by atoms with E-state index in [1.807, 2.05) is 28.7 Å². The van der Waals surface area contributed by atoms with Gasteiger partial charge in [0.15, 0.2) is 11.4 Å². The third kappa shape index (κ3) is 2.81. The van der Waals surface area contributed by atoms with Crippen LogP contribution in [0.25, 0.3) is 11.4 Å². The van der Waals surface area contributed by atoms with Gasteiger partial charge in [-0.15, -0.1) is 0 Å². The van der Waals surface area contributed by atoms with Crippen molar-refractivity contribution in [1.82, 2.24) is 29.7 Å². The molecule has 5 rings (SSSR count). The average Bonchev–Trinajstić information content (AvgIpc) is 3.44. The fourth-order valence-corrected chi connectivity index (χ4v) is 5.04. The van der Waals surface area contributed by atoms with Crippen LogP contribution in [0.5, 0.6) is 5.75 Å². The maximum absolute atomic E-state index is 13.1. The number of carbonyl (C=O) groups excluding carboxylic acids is 1. The summed E-state index contributed by atoms with van der Waals surface area (Å²) >= 11 is 0. The molecule has 1 amide bonds. The van der Waals surface area contributed by atoms with Crippen molar-refractivity contribution in [3.63, 3.8) is 0 Å². The number of primary amides is 1. The Morgan fingerprint density at radius 1 is 1.35 bits per heavy atom. The van der Waals surface area contributed by atoms with Crippen molar-refractivity contribution in [2.45, 2.75) is 39.3 Å². The number of fused-ring (bicyclic) bond motifs is 3. The molecule has 2 aliphatic heterocycles. The zero-order chi connectivity index (χ0) is 21.8. The van der Waals surface area contributed by atoms with Gasteiger partial charge in [0.1, 0.15) is 29.8 Å². The van der Waals surface area contributed by atoms with Crippen LogP contribution in [-0.2, 0) is 16.9 Å². The van der Waals surface area contributed by atoms with E-state index in [-0.39, 0.29) is 11.8 Å². The highest BCUT2D eigenvalue weighted by Crippen LogP contribution is 2.48. The van der Waals surface area contributed by atoms with E-state index in [0.29, 0.717) is 42.9 Å². The Bertz CT molecular complexity index is 1140. The van der Waals surface area contributed by atoms with Crippen molar-refractivity contribution < 1.29 is 9.53 Å². The predicted octanol–water partition coefficient (Wildman–Crippen LogP) is 1.63. The molecule has 5 heterocycles. The SMILES string of the molecule is Cc1nc(C2(C(N)=O)C(C(C)C)CCN2c2cc3c(cn2)-c2nccn2CCO3)n[nH]1. The Morgan fingerprint density at radius 3 is 2.90 bits per heavy atom. The summed E-state index contributed by atoms with van der Waals surface area (Å²) in [5, 5.41) is 7.25. The number of nitrogens with one attached hydrogen (secondary N) is 1. The topological polar surface area (TPSA) is 128 Å². The molecule has 10 nitrogen and oxygen atoms in total. The number of pyridine rings is 1. The van der Waals surface area contributed by atoms with E-state index in [1.165, 1.54) is 0 Å². The van der Waals surface area contributed by atoms with Gasteiger partial charge >= 0.3 is 0 Å². The number of hydrogen-bond acceptors (Lipinski definition) is 7. The van der Waals surface area contributed by atoms with E-state index in [1.54, 1.807) is 12.4 Å². The average molecular weight is 422 g/mol. The second-order valence-electron chi connectivity index (χ2n) is 8.50. The molecule has 0 aliphatic carbocycles. The van der Waals surface area contributed by atoms with Crippen LogP contribution in [0.3, 0.4) is 0 Å². The molecular formula is C21H26N8O2. The first-order chi connectivity index (χ1) is 14.9. The Morgan fingerprint density at radius 2 is 2.19 bits per heavy atom. The first kappa shape index (κ1) is 19.5. The van der Waals surface area contributed by atoms with E-state index >= 15 is 0 Å². The normalized spacial score (nSPS) is 22.7. The lowest BCUT2D eigenvalue weighted by atomic mass is 9.76. The number of ether oxygens (including phenoxy) is 1. The fraction of sp³-hybridized carbons (Fsp3) is 0.476. The van der Waals surface area contributed by atoms with Crippen LogP contribution in [0.1, 0.15) is 31.9 Å². The molecule has 3 aromatic rings. The highest BCUT2D eigenvalue weighted by atomic mass is 16.5. The Labute approximate surface area is 179 Å². The number of aryl methyl sites for hydroxylation is 1. The monoisotopic (exact) mass is 422 g/mol. The van der Waals surface area contributed by atoms with Crippen LogP contribution in [0.2, 0.25) is 0 Å². The third-order valence-electron chi connectivity index (χ3n) is 6.42. The van der Waals surface area contributed by atoms with Gasteiger partial charge in [0.25, 0.3) is 5.91 Å². The van der Waals surface area contributed by atoms with Gasteiger partial charge in [-0.25, -0.2) is 15.0 Å². The minimum Gasteiger partial charge on any atom is -0.491 e. The van der Waals surface area contributed by atoms with Crippen LogP contribution in [-0.4, -0.2) is 48.8 Å². The van der Waals surface area contributed by atoms with Gasteiger partial charge in [0, 0.05) is 37.1 Å². The number of H-pyrrole nitrogens is 1.